The molecule has 1 aliphatic rings. The topological polar surface area (TPSA) is 46.6 Å². The summed E-state index contributed by atoms with van der Waals surface area (Å²) < 4.78 is 95.1. The van der Waals surface area contributed by atoms with Gasteiger partial charge in [-0.25, -0.2) is 4.79 Å². The maximum atomic E-state index is 13.6. The van der Waals surface area contributed by atoms with Crippen molar-refractivity contribution in [3.05, 3.63) is 0 Å². The lowest BCUT2D eigenvalue weighted by molar-refractivity contribution is -0.346. The number of carbonyl (C=O) groups is 2. The minimum Gasteiger partial charge on any atom is -0.464 e. The van der Waals surface area contributed by atoms with Crippen LogP contribution in [0.25, 0.3) is 0 Å². The van der Waals surface area contributed by atoms with E-state index in [-0.39, 0.29) is 24.3 Å². The maximum Gasteiger partial charge on any atom is 0.460 e. The van der Waals surface area contributed by atoms with Gasteiger partial charge in [-0.1, -0.05) is 39.0 Å². The number of unbranched alkanes of at least 4 members (excludes halogenated alkanes) is 5. The van der Waals surface area contributed by atoms with Crippen LogP contribution in [-0.4, -0.2) is 54.0 Å². The third-order valence-corrected chi connectivity index (χ3v) is 4.55. The Hall–Kier alpha value is -1.55. The highest BCUT2D eigenvalue weighted by atomic mass is 19.4. The number of hydrogen-bond donors (Lipinski definition) is 0. The smallest absolute Gasteiger partial charge is 0.460 e. The summed E-state index contributed by atoms with van der Waals surface area (Å²) >= 11 is 0. The molecule has 164 valence electrons. The van der Waals surface area contributed by atoms with Crippen LogP contribution in [0.15, 0.2) is 0 Å². The molecule has 28 heavy (non-hydrogen) atoms. The van der Waals surface area contributed by atoms with Crippen molar-refractivity contribution >= 4 is 11.9 Å². The second kappa shape index (κ2) is 9.78. The summed E-state index contributed by atoms with van der Waals surface area (Å²) in [4.78, 5) is 23.8. The Morgan fingerprint density at radius 3 is 2.11 bits per heavy atom. The van der Waals surface area contributed by atoms with E-state index in [0.717, 1.165) is 32.1 Å². The van der Waals surface area contributed by atoms with Gasteiger partial charge in [0.05, 0.1) is 6.61 Å². The molecule has 0 bridgehead atoms. The number of hydrogen-bond acceptors (Lipinski definition) is 3. The Bertz CT molecular complexity index is 537. The summed E-state index contributed by atoms with van der Waals surface area (Å²) in [7, 11) is 0. The number of rotatable bonds is 10. The number of likely N-dealkylation sites (tertiary alicyclic amines) is 1. The maximum absolute atomic E-state index is 13.6. The Morgan fingerprint density at radius 2 is 1.54 bits per heavy atom. The quantitative estimate of drug-likeness (QED) is 0.290. The molecular weight excluding hydrogens is 399 g/mol. The molecule has 1 amide bonds. The van der Waals surface area contributed by atoms with E-state index in [2.05, 4.69) is 0 Å². The lowest BCUT2D eigenvalue weighted by Crippen LogP contribution is -2.61. The largest absolute Gasteiger partial charge is 0.464 e. The van der Waals surface area contributed by atoms with Crippen LogP contribution < -0.4 is 0 Å². The number of amides is 1. The molecule has 0 N–H and O–H groups in total. The third kappa shape index (κ3) is 5.50. The Balaban J connectivity index is 2.66. The van der Waals surface area contributed by atoms with Gasteiger partial charge in [0.15, 0.2) is 0 Å². The van der Waals surface area contributed by atoms with Gasteiger partial charge in [0.25, 0.3) is 0 Å². The van der Waals surface area contributed by atoms with Crippen LogP contribution in [0.5, 0.6) is 0 Å². The summed E-state index contributed by atoms with van der Waals surface area (Å²) in [5, 5.41) is 0. The van der Waals surface area contributed by atoms with Crippen LogP contribution in [0, 0.1) is 0 Å². The van der Waals surface area contributed by atoms with Gasteiger partial charge < -0.3 is 9.64 Å². The van der Waals surface area contributed by atoms with Crippen molar-refractivity contribution in [2.75, 3.05) is 13.2 Å². The molecule has 11 heteroatoms. The van der Waals surface area contributed by atoms with Gasteiger partial charge in [-0.3, -0.25) is 4.79 Å². The monoisotopic (exact) mass is 423 g/mol. The number of esters is 1. The SMILES string of the molecule is CCCCCCCCOC(=O)C1CCCN1C(=O)C(F)(F)C(F)(F)C(F)(F)F. The minimum absolute atomic E-state index is 0.0101. The predicted octanol–water partition coefficient (Wildman–Crippen LogP) is 4.71. The molecule has 0 radical (unpaired) electrons. The first kappa shape index (κ1) is 24.5. The van der Waals surface area contributed by atoms with E-state index >= 15 is 0 Å². The molecule has 4 nitrogen and oxygen atoms in total. The molecule has 1 unspecified atom stereocenters. The van der Waals surface area contributed by atoms with Gasteiger partial charge in [-0.2, -0.15) is 30.7 Å². The average Bonchev–Trinajstić information content (AvgIpc) is 3.08. The molecule has 1 aliphatic heterocycles. The minimum atomic E-state index is -6.61. The highest BCUT2D eigenvalue weighted by Gasteiger charge is 2.77. The number of halogens is 7. The first-order valence-corrected chi connectivity index (χ1v) is 9.18. The van der Waals surface area contributed by atoms with Gasteiger partial charge in [-0.15, -0.1) is 0 Å². The van der Waals surface area contributed by atoms with Crippen LogP contribution in [0.3, 0.4) is 0 Å². The van der Waals surface area contributed by atoms with Gasteiger partial charge in [-0.05, 0) is 19.3 Å². The normalized spacial score (nSPS) is 18.4. The van der Waals surface area contributed by atoms with Crippen molar-refractivity contribution in [2.24, 2.45) is 0 Å². The second-order valence-corrected chi connectivity index (χ2v) is 6.74. The van der Waals surface area contributed by atoms with Crippen molar-refractivity contribution in [3.63, 3.8) is 0 Å². The van der Waals surface area contributed by atoms with Crippen LogP contribution in [0.2, 0.25) is 0 Å². The Labute approximate surface area is 158 Å². The van der Waals surface area contributed by atoms with Gasteiger partial charge in [0, 0.05) is 6.54 Å². The van der Waals surface area contributed by atoms with E-state index in [1.807, 2.05) is 6.92 Å². The highest BCUT2D eigenvalue weighted by molar-refractivity contribution is 5.90. The average molecular weight is 423 g/mol. The second-order valence-electron chi connectivity index (χ2n) is 6.74. The van der Waals surface area contributed by atoms with Crippen molar-refractivity contribution in [1.82, 2.24) is 4.90 Å². The molecule has 1 saturated heterocycles. The predicted molar refractivity (Wildman–Crippen MR) is 85.0 cm³/mol. The van der Waals surface area contributed by atoms with Gasteiger partial charge in [0.2, 0.25) is 0 Å². The zero-order chi connectivity index (χ0) is 21.6. The zero-order valence-electron chi connectivity index (χ0n) is 15.5. The fraction of sp³-hybridized carbons (Fsp3) is 0.882. The first-order valence-electron chi connectivity index (χ1n) is 9.18. The third-order valence-electron chi connectivity index (χ3n) is 4.55. The van der Waals surface area contributed by atoms with E-state index in [1.54, 1.807) is 0 Å². The summed E-state index contributed by atoms with van der Waals surface area (Å²) in [6.07, 6.45) is -1.44. The van der Waals surface area contributed by atoms with Crippen molar-refractivity contribution in [2.45, 2.75) is 82.4 Å². The summed E-state index contributed by atoms with van der Waals surface area (Å²) in [6.45, 7) is 1.47. The molecule has 0 aromatic rings. The fourth-order valence-corrected chi connectivity index (χ4v) is 2.90. The molecule has 1 heterocycles. The van der Waals surface area contributed by atoms with Crippen molar-refractivity contribution in [3.8, 4) is 0 Å². The van der Waals surface area contributed by atoms with Crippen molar-refractivity contribution < 1.29 is 45.1 Å². The summed E-state index contributed by atoms with van der Waals surface area (Å²) in [5.74, 6) is -16.4. The summed E-state index contributed by atoms with van der Waals surface area (Å²) in [6, 6.07) is -1.59. The van der Waals surface area contributed by atoms with Crippen LogP contribution in [0.1, 0.15) is 58.3 Å². The lowest BCUT2D eigenvalue weighted by Gasteiger charge is -2.32. The molecule has 1 atom stereocenters. The zero-order valence-corrected chi connectivity index (χ0v) is 15.5. The van der Waals surface area contributed by atoms with E-state index in [0.29, 0.717) is 6.42 Å². The highest BCUT2D eigenvalue weighted by Crippen LogP contribution is 2.47. The fourth-order valence-electron chi connectivity index (χ4n) is 2.90. The Morgan fingerprint density at radius 1 is 0.964 bits per heavy atom. The van der Waals surface area contributed by atoms with Crippen molar-refractivity contribution in [1.29, 1.82) is 0 Å². The molecule has 1 rings (SSSR count). The number of carbonyl (C=O) groups excluding carboxylic acids is 2. The molecule has 0 aromatic carbocycles. The first-order chi connectivity index (χ1) is 12.9. The molecule has 0 aromatic heterocycles. The molecule has 0 aliphatic carbocycles. The van der Waals surface area contributed by atoms with E-state index in [9.17, 15) is 40.3 Å². The number of alkyl halides is 7. The molecular formula is C17H24F7NO3. The van der Waals surface area contributed by atoms with Crippen LogP contribution >= 0.6 is 0 Å². The van der Waals surface area contributed by atoms with E-state index in [4.69, 9.17) is 4.74 Å². The number of nitrogens with zero attached hydrogens (tertiary/aromatic N) is 1. The Kier molecular flexibility index (Phi) is 8.55. The number of ether oxygens (including phenoxy) is 1. The van der Waals surface area contributed by atoms with Crippen LogP contribution in [-0.2, 0) is 14.3 Å². The van der Waals surface area contributed by atoms with Gasteiger partial charge >= 0.3 is 29.9 Å². The standard InChI is InChI=1S/C17H24F7NO3/c1-2-3-4-5-6-7-11-28-13(26)12-9-8-10-25(12)14(27)15(18,19)16(20,21)17(22,23)24/h12H,2-11H2,1H3. The van der Waals surface area contributed by atoms with Gasteiger partial charge in [0.1, 0.15) is 6.04 Å². The van der Waals surface area contributed by atoms with Crippen LogP contribution in [0.4, 0.5) is 30.7 Å². The molecule has 1 fully saturated rings. The summed E-state index contributed by atoms with van der Waals surface area (Å²) in [5.41, 5.74) is 0. The molecule has 0 spiro atoms. The lowest BCUT2D eigenvalue weighted by atomic mass is 10.1. The molecule has 0 saturated carbocycles. The van der Waals surface area contributed by atoms with E-state index < -0.39 is 42.5 Å². The van der Waals surface area contributed by atoms with E-state index in [1.165, 1.54) is 0 Å².